The largest absolute Gasteiger partial charge is 0.444 e. The van der Waals surface area contributed by atoms with Gasteiger partial charge in [0.2, 0.25) is 5.95 Å². The lowest BCUT2D eigenvalue weighted by Crippen LogP contribution is -2.43. The summed E-state index contributed by atoms with van der Waals surface area (Å²) >= 11 is 6.37. The lowest BCUT2D eigenvalue weighted by molar-refractivity contribution is 0.0199. The Morgan fingerprint density at radius 3 is 2.57 bits per heavy atom. The molecule has 0 radical (unpaired) electrons. The maximum Gasteiger partial charge on any atom is 0.410 e. The van der Waals surface area contributed by atoms with Crippen molar-refractivity contribution in [1.29, 1.82) is 4.78 Å². The Bertz CT molecular complexity index is 1220. The van der Waals surface area contributed by atoms with E-state index in [1.54, 1.807) is 11.1 Å². The number of aliphatic hydroxyl groups excluding tert-OH is 1. The van der Waals surface area contributed by atoms with Gasteiger partial charge in [0.15, 0.2) is 11.7 Å². The van der Waals surface area contributed by atoms with E-state index in [2.05, 4.69) is 20.3 Å². The van der Waals surface area contributed by atoms with E-state index in [4.69, 9.17) is 25.5 Å². The number of carbonyl (C=O) groups is 1. The highest BCUT2D eigenvalue weighted by Crippen LogP contribution is 2.33. The molecule has 3 N–H and O–H groups in total. The van der Waals surface area contributed by atoms with Crippen molar-refractivity contribution in [2.45, 2.75) is 81.8 Å². The van der Waals surface area contributed by atoms with E-state index >= 15 is 0 Å². The van der Waals surface area contributed by atoms with Crippen LogP contribution in [0.1, 0.15) is 64.7 Å². The Hall–Kier alpha value is -2.44. The van der Waals surface area contributed by atoms with Crippen molar-refractivity contribution in [2.75, 3.05) is 24.7 Å². The van der Waals surface area contributed by atoms with E-state index in [-0.39, 0.29) is 35.7 Å². The van der Waals surface area contributed by atoms with Crippen LogP contribution in [0, 0.1) is 4.78 Å². The summed E-state index contributed by atoms with van der Waals surface area (Å²) in [5, 5.41) is 13.7. The summed E-state index contributed by atoms with van der Waals surface area (Å²) in [6.07, 6.45) is 6.20. The van der Waals surface area contributed by atoms with Gasteiger partial charge in [0.1, 0.15) is 11.3 Å². The molecule has 1 saturated carbocycles. The maximum atomic E-state index is 12.3. The molecule has 204 valence electrons. The number of nitrogens with zero attached hydrogens (tertiary/aromatic N) is 4. The molecule has 2 aromatic heterocycles. The number of ether oxygens (including phenoxy) is 1. The Balaban J connectivity index is 1.40. The number of hydrogen-bond acceptors (Lipinski definition) is 10. The molecular weight excluding hydrogens is 520 g/mol. The van der Waals surface area contributed by atoms with Crippen molar-refractivity contribution in [3.05, 3.63) is 23.3 Å². The van der Waals surface area contributed by atoms with Crippen molar-refractivity contribution < 1.29 is 23.3 Å². The highest BCUT2D eigenvalue weighted by Gasteiger charge is 2.33. The Morgan fingerprint density at radius 2 is 1.95 bits per heavy atom. The predicted octanol–water partition coefficient (Wildman–Crippen LogP) is 4.27. The fourth-order valence-corrected chi connectivity index (χ4v) is 6.02. The molecule has 1 aliphatic carbocycles. The van der Waals surface area contributed by atoms with Gasteiger partial charge < -0.3 is 24.5 Å². The molecule has 1 aliphatic heterocycles. The third-order valence-corrected chi connectivity index (χ3v) is 8.69. The van der Waals surface area contributed by atoms with Gasteiger partial charge in [-0.3, -0.25) is 4.78 Å². The van der Waals surface area contributed by atoms with Crippen LogP contribution in [0.3, 0.4) is 0 Å². The molecule has 11 nitrogen and oxygen atoms in total. The fraction of sp³-hybridized carbons (Fsp3) is 0.667. The number of amides is 1. The van der Waals surface area contributed by atoms with Crippen molar-refractivity contribution in [2.24, 2.45) is 0 Å². The van der Waals surface area contributed by atoms with Crippen molar-refractivity contribution >= 4 is 33.4 Å². The summed E-state index contributed by atoms with van der Waals surface area (Å²) in [7, 11) is -2.71. The van der Waals surface area contributed by atoms with Gasteiger partial charge in [-0.15, -0.1) is 0 Å². The number of hydrogen-bond donors (Lipinski definition) is 3. The van der Waals surface area contributed by atoms with Crippen LogP contribution in [0.2, 0.25) is 5.02 Å². The SMILES string of the molecule is CC(C)(C)OC(=O)N1CCC(c2ncc(-c3nc(N[C@@H]4CC[C@@H](S(C)(=N)=O)C[C@H]4O)ncc3Cl)o2)CC1. The summed E-state index contributed by atoms with van der Waals surface area (Å²) < 4.78 is 31.4. The number of anilines is 1. The van der Waals surface area contributed by atoms with E-state index in [9.17, 15) is 14.1 Å². The average Bonchev–Trinajstić information content (AvgIpc) is 3.30. The average molecular weight is 555 g/mol. The summed E-state index contributed by atoms with van der Waals surface area (Å²) in [5.41, 5.74) is -0.149. The van der Waals surface area contributed by atoms with E-state index in [0.29, 0.717) is 61.1 Å². The Labute approximate surface area is 222 Å². The molecule has 3 heterocycles. The highest BCUT2D eigenvalue weighted by atomic mass is 35.5. The third-order valence-electron chi connectivity index (χ3n) is 6.72. The maximum absolute atomic E-state index is 12.3. The number of aliphatic hydroxyl groups is 1. The summed E-state index contributed by atoms with van der Waals surface area (Å²) in [4.78, 5) is 27.2. The van der Waals surface area contributed by atoms with Gasteiger partial charge in [-0.05, 0) is 52.9 Å². The topological polar surface area (TPSA) is 155 Å². The Kier molecular flexibility index (Phi) is 8.01. The van der Waals surface area contributed by atoms with Gasteiger partial charge in [-0.25, -0.2) is 24.0 Å². The fourth-order valence-electron chi connectivity index (χ4n) is 4.68. The normalized spacial score (nSPS) is 24.9. The van der Waals surface area contributed by atoms with Crippen molar-refractivity contribution in [3.8, 4) is 11.5 Å². The molecule has 1 saturated heterocycles. The minimum atomic E-state index is -2.71. The first-order valence-corrected chi connectivity index (χ1v) is 14.8. The molecule has 2 aliphatic rings. The second kappa shape index (κ2) is 10.7. The molecule has 4 atom stereocenters. The molecule has 0 spiro atoms. The van der Waals surface area contributed by atoms with Crippen LogP contribution in [0.5, 0.6) is 0 Å². The number of aromatic nitrogens is 3. The van der Waals surface area contributed by atoms with Crippen LogP contribution in [0.4, 0.5) is 10.7 Å². The molecule has 1 unspecified atom stereocenters. The van der Waals surface area contributed by atoms with Gasteiger partial charge in [-0.1, -0.05) is 11.6 Å². The number of oxazole rings is 1. The minimum absolute atomic E-state index is 0.0573. The molecule has 0 bridgehead atoms. The zero-order valence-corrected chi connectivity index (χ0v) is 23.1. The first kappa shape index (κ1) is 27.6. The Morgan fingerprint density at radius 1 is 1.24 bits per heavy atom. The van der Waals surface area contributed by atoms with E-state index in [1.165, 1.54) is 12.5 Å². The van der Waals surface area contributed by atoms with Gasteiger partial charge in [0, 0.05) is 40.2 Å². The van der Waals surface area contributed by atoms with Crippen LogP contribution >= 0.6 is 11.6 Å². The second-order valence-electron chi connectivity index (χ2n) is 10.9. The zero-order chi connectivity index (χ0) is 27.0. The standard InChI is InChI=1S/C24H35ClN6O5S/c1-24(2,3)36-23(33)31-9-7-14(8-10-31)21-27-13-19(35-21)20-16(25)12-28-22(30-20)29-17-6-5-15(11-18(17)32)37(4,26)34/h12-15,17-18,26,32H,5-11H2,1-4H3,(H,28,29,30)/t15-,17-,18-,37?/m1/s1. The second-order valence-corrected chi connectivity index (χ2v) is 13.7. The third kappa shape index (κ3) is 6.91. The van der Waals surface area contributed by atoms with E-state index in [1.807, 2.05) is 20.8 Å². The minimum Gasteiger partial charge on any atom is -0.444 e. The molecule has 37 heavy (non-hydrogen) atoms. The van der Waals surface area contributed by atoms with Crippen LogP contribution < -0.4 is 5.32 Å². The van der Waals surface area contributed by atoms with E-state index < -0.39 is 21.4 Å². The van der Waals surface area contributed by atoms with Crippen molar-refractivity contribution in [1.82, 2.24) is 19.9 Å². The quantitative estimate of drug-likeness (QED) is 0.491. The number of piperidine rings is 1. The zero-order valence-electron chi connectivity index (χ0n) is 21.6. The number of halogens is 1. The van der Waals surface area contributed by atoms with Crippen molar-refractivity contribution in [3.63, 3.8) is 0 Å². The molecule has 0 aromatic carbocycles. The lowest BCUT2D eigenvalue weighted by atomic mass is 9.92. The molecule has 1 amide bonds. The summed E-state index contributed by atoms with van der Waals surface area (Å²) in [6.45, 7) is 6.65. The molecule has 2 fully saturated rings. The lowest BCUT2D eigenvalue weighted by Gasteiger charge is -2.33. The molecular formula is C24H35ClN6O5S. The van der Waals surface area contributed by atoms with Gasteiger partial charge in [0.25, 0.3) is 0 Å². The highest BCUT2D eigenvalue weighted by molar-refractivity contribution is 7.92. The van der Waals surface area contributed by atoms with Crippen LogP contribution in [-0.2, 0) is 14.5 Å². The number of likely N-dealkylation sites (tertiary alicyclic amines) is 1. The van der Waals surface area contributed by atoms with E-state index in [0.717, 1.165) is 0 Å². The monoisotopic (exact) mass is 554 g/mol. The number of rotatable bonds is 5. The van der Waals surface area contributed by atoms with Gasteiger partial charge in [0.05, 0.1) is 29.6 Å². The smallest absolute Gasteiger partial charge is 0.410 e. The first-order chi connectivity index (χ1) is 17.3. The predicted molar refractivity (Wildman–Crippen MR) is 140 cm³/mol. The first-order valence-electron chi connectivity index (χ1n) is 12.4. The number of carbonyl (C=O) groups excluding carboxylic acids is 1. The van der Waals surface area contributed by atoms with Crippen LogP contribution in [0.25, 0.3) is 11.5 Å². The van der Waals surface area contributed by atoms with Crippen LogP contribution in [-0.4, -0.2) is 77.6 Å². The number of nitrogens with one attached hydrogen (secondary N) is 2. The van der Waals surface area contributed by atoms with Gasteiger partial charge >= 0.3 is 6.09 Å². The van der Waals surface area contributed by atoms with Gasteiger partial charge in [-0.2, -0.15) is 0 Å². The summed E-state index contributed by atoms with van der Waals surface area (Å²) in [6, 6.07) is -0.326. The molecule has 13 heteroatoms. The molecule has 2 aromatic rings. The summed E-state index contributed by atoms with van der Waals surface area (Å²) in [5.74, 6) is 1.31. The van der Waals surface area contributed by atoms with Crippen LogP contribution in [0.15, 0.2) is 16.8 Å². The molecule has 4 rings (SSSR count).